The van der Waals surface area contributed by atoms with Gasteiger partial charge in [0.25, 0.3) is 0 Å². The molecule has 0 spiro atoms. The van der Waals surface area contributed by atoms with Gasteiger partial charge in [0, 0.05) is 19.6 Å². The lowest BCUT2D eigenvalue weighted by Crippen LogP contribution is -2.43. The Morgan fingerprint density at radius 1 is 1.21 bits per heavy atom. The highest BCUT2D eigenvalue weighted by molar-refractivity contribution is 5.79. The van der Waals surface area contributed by atoms with Crippen LogP contribution >= 0.6 is 0 Å². The van der Waals surface area contributed by atoms with Crippen molar-refractivity contribution in [3.63, 3.8) is 0 Å². The summed E-state index contributed by atoms with van der Waals surface area (Å²) in [5.41, 5.74) is 3.14. The molecule has 0 bridgehead atoms. The van der Waals surface area contributed by atoms with Gasteiger partial charge in [-0.2, -0.15) is 5.26 Å². The third-order valence-electron chi connectivity index (χ3n) is 5.84. The van der Waals surface area contributed by atoms with Crippen molar-refractivity contribution >= 4 is 23.1 Å². The second-order valence-electron chi connectivity index (χ2n) is 9.59. The van der Waals surface area contributed by atoms with Crippen molar-refractivity contribution < 1.29 is 9.53 Å². The van der Waals surface area contributed by atoms with Crippen molar-refractivity contribution in [3.8, 4) is 6.07 Å². The number of carbonyl (C=O) groups is 1. The number of nitriles is 1. The first kappa shape index (κ1) is 22.7. The second kappa shape index (κ2) is 9.53. The maximum atomic E-state index is 12.1. The van der Waals surface area contributed by atoms with Crippen molar-refractivity contribution in [2.45, 2.75) is 45.8 Å². The van der Waals surface area contributed by atoms with E-state index in [4.69, 9.17) is 9.72 Å². The van der Waals surface area contributed by atoms with Crippen LogP contribution in [0.2, 0.25) is 0 Å². The molecule has 1 amide bonds. The molecular weight excluding hydrogens is 414 g/mol. The van der Waals surface area contributed by atoms with Gasteiger partial charge in [-0.3, -0.25) is 0 Å². The fraction of sp³-hybridized carbons (Fsp3) is 0.423. The van der Waals surface area contributed by atoms with Crippen LogP contribution in [0.5, 0.6) is 0 Å². The number of carbonyl (C=O) groups excluding carboxylic acids is 1. The number of hydrogen-bond donors (Lipinski definition) is 1. The van der Waals surface area contributed by atoms with Crippen LogP contribution in [0.3, 0.4) is 0 Å². The number of imidazole rings is 1. The van der Waals surface area contributed by atoms with E-state index in [1.807, 2.05) is 63.2 Å². The van der Waals surface area contributed by atoms with Gasteiger partial charge in [-0.15, -0.1) is 0 Å². The van der Waals surface area contributed by atoms with Crippen LogP contribution in [0.25, 0.3) is 11.0 Å². The van der Waals surface area contributed by atoms with Crippen molar-refractivity contribution in [1.82, 2.24) is 14.9 Å². The molecule has 1 atom stereocenters. The number of aromatic nitrogens is 2. The zero-order chi connectivity index (χ0) is 23.4. The summed E-state index contributed by atoms with van der Waals surface area (Å²) in [4.78, 5) is 19.4. The molecule has 33 heavy (non-hydrogen) atoms. The van der Waals surface area contributed by atoms with Crippen LogP contribution < -0.4 is 10.2 Å². The molecule has 2 heterocycles. The minimum atomic E-state index is -0.507. The van der Waals surface area contributed by atoms with E-state index in [9.17, 15) is 10.1 Å². The highest BCUT2D eigenvalue weighted by Crippen LogP contribution is 2.28. The molecule has 1 aliphatic rings. The molecule has 1 aliphatic heterocycles. The Morgan fingerprint density at radius 3 is 2.76 bits per heavy atom. The minimum Gasteiger partial charge on any atom is -0.444 e. The first-order valence-electron chi connectivity index (χ1n) is 11.5. The summed E-state index contributed by atoms with van der Waals surface area (Å²) in [7, 11) is 0. The number of alkyl carbamates (subject to hydrolysis) is 1. The lowest BCUT2D eigenvalue weighted by atomic mass is 9.98. The topological polar surface area (TPSA) is 83.2 Å². The van der Waals surface area contributed by atoms with Gasteiger partial charge in [0.05, 0.1) is 29.2 Å². The number of benzene rings is 2. The van der Waals surface area contributed by atoms with Crippen LogP contribution in [0.15, 0.2) is 48.5 Å². The van der Waals surface area contributed by atoms with Crippen molar-refractivity contribution in [3.05, 3.63) is 59.7 Å². The number of hydrogen-bond acceptors (Lipinski definition) is 5. The Hall–Kier alpha value is -3.53. The zero-order valence-corrected chi connectivity index (χ0v) is 19.5. The number of piperidine rings is 1. The summed E-state index contributed by atoms with van der Waals surface area (Å²) < 4.78 is 7.58. The summed E-state index contributed by atoms with van der Waals surface area (Å²) >= 11 is 0. The van der Waals surface area contributed by atoms with Gasteiger partial charge in [0.1, 0.15) is 5.60 Å². The molecule has 7 nitrogen and oxygen atoms in total. The molecule has 0 aliphatic carbocycles. The summed E-state index contributed by atoms with van der Waals surface area (Å²) in [6.07, 6.45) is 1.70. The number of fused-ring (bicyclic) bond motifs is 1. The zero-order valence-electron chi connectivity index (χ0n) is 19.5. The molecule has 0 radical (unpaired) electrons. The van der Waals surface area contributed by atoms with E-state index in [2.05, 4.69) is 26.9 Å². The van der Waals surface area contributed by atoms with Gasteiger partial charge in [0.2, 0.25) is 5.95 Å². The van der Waals surface area contributed by atoms with Gasteiger partial charge in [-0.25, -0.2) is 9.78 Å². The average Bonchev–Trinajstić information content (AvgIpc) is 3.16. The molecular formula is C26H31N5O2. The van der Waals surface area contributed by atoms with E-state index in [0.29, 0.717) is 24.6 Å². The number of para-hydroxylation sites is 2. The number of ether oxygens (including phenoxy) is 1. The van der Waals surface area contributed by atoms with Gasteiger partial charge in [-0.05, 0) is 63.3 Å². The van der Waals surface area contributed by atoms with Crippen LogP contribution in [0.4, 0.5) is 10.7 Å². The molecule has 172 valence electrons. The quantitative estimate of drug-likeness (QED) is 0.616. The number of rotatable bonds is 5. The molecule has 0 saturated carbocycles. The lowest BCUT2D eigenvalue weighted by molar-refractivity contribution is 0.0517. The molecule has 7 heteroatoms. The summed E-state index contributed by atoms with van der Waals surface area (Å²) in [6, 6.07) is 18.1. The predicted molar refractivity (Wildman–Crippen MR) is 129 cm³/mol. The number of anilines is 1. The molecule has 1 N–H and O–H groups in total. The lowest BCUT2D eigenvalue weighted by Gasteiger charge is -2.34. The van der Waals surface area contributed by atoms with Crippen LogP contribution in [0, 0.1) is 17.2 Å². The van der Waals surface area contributed by atoms with Crippen molar-refractivity contribution in [1.29, 1.82) is 5.26 Å². The normalized spacial score (nSPS) is 16.4. The number of amides is 1. The largest absolute Gasteiger partial charge is 0.444 e. The minimum absolute atomic E-state index is 0.311. The average molecular weight is 446 g/mol. The maximum absolute atomic E-state index is 12.1. The Labute approximate surface area is 195 Å². The first-order valence-corrected chi connectivity index (χ1v) is 11.5. The van der Waals surface area contributed by atoms with E-state index in [1.54, 1.807) is 0 Å². The third-order valence-corrected chi connectivity index (χ3v) is 5.84. The smallest absolute Gasteiger partial charge is 0.407 e. The number of nitrogens with one attached hydrogen (secondary N) is 1. The Bertz CT molecular complexity index is 1170. The standard InChI is InChI=1S/C26H31N5O2/c1-26(2,3)33-25(32)28-16-19-9-8-14-30(17-19)24-29-22-12-6-7-13-23(22)31(24)18-21-11-5-4-10-20(21)15-27/h4-7,10-13,19H,8-9,14,16-18H2,1-3H3,(H,28,32)/t19-/m0/s1. The van der Waals surface area contributed by atoms with Gasteiger partial charge < -0.3 is 19.5 Å². The molecule has 4 rings (SSSR count). The van der Waals surface area contributed by atoms with E-state index < -0.39 is 5.60 Å². The van der Waals surface area contributed by atoms with Crippen LogP contribution in [-0.2, 0) is 11.3 Å². The van der Waals surface area contributed by atoms with E-state index in [1.165, 1.54) is 0 Å². The van der Waals surface area contributed by atoms with Crippen molar-refractivity contribution in [2.24, 2.45) is 5.92 Å². The Kier molecular flexibility index (Phi) is 6.55. The van der Waals surface area contributed by atoms with Gasteiger partial charge in [-0.1, -0.05) is 30.3 Å². The SMILES string of the molecule is CC(C)(C)OC(=O)NC[C@@H]1CCCN(c2nc3ccccc3n2Cc2ccccc2C#N)C1. The first-order chi connectivity index (χ1) is 15.8. The van der Waals surface area contributed by atoms with E-state index >= 15 is 0 Å². The molecule has 1 fully saturated rings. The molecule has 1 saturated heterocycles. The maximum Gasteiger partial charge on any atom is 0.407 e. The fourth-order valence-corrected chi connectivity index (χ4v) is 4.35. The Balaban J connectivity index is 1.56. The van der Waals surface area contributed by atoms with E-state index in [0.717, 1.165) is 48.5 Å². The number of nitrogens with zero attached hydrogens (tertiary/aromatic N) is 4. The van der Waals surface area contributed by atoms with Gasteiger partial charge in [0.15, 0.2) is 0 Å². The summed E-state index contributed by atoms with van der Waals surface area (Å²) in [5, 5.41) is 12.5. The monoisotopic (exact) mass is 445 g/mol. The van der Waals surface area contributed by atoms with Gasteiger partial charge >= 0.3 is 6.09 Å². The summed E-state index contributed by atoms with van der Waals surface area (Å²) in [6.45, 7) is 8.46. The molecule has 1 aromatic heterocycles. The molecule has 3 aromatic rings. The molecule has 0 unspecified atom stereocenters. The summed E-state index contributed by atoms with van der Waals surface area (Å²) in [5.74, 6) is 1.22. The van der Waals surface area contributed by atoms with Crippen molar-refractivity contribution in [2.75, 3.05) is 24.5 Å². The second-order valence-corrected chi connectivity index (χ2v) is 9.59. The third kappa shape index (κ3) is 5.46. The van der Waals surface area contributed by atoms with E-state index in [-0.39, 0.29) is 6.09 Å². The predicted octanol–water partition coefficient (Wildman–Crippen LogP) is 4.70. The molecule has 2 aromatic carbocycles. The highest BCUT2D eigenvalue weighted by Gasteiger charge is 2.26. The highest BCUT2D eigenvalue weighted by atomic mass is 16.6. The van der Waals surface area contributed by atoms with Crippen LogP contribution in [-0.4, -0.2) is 40.9 Å². The fourth-order valence-electron chi connectivity index (χ4n) is 4.35. The van der Waals surface area contributed by atoms with Crippen LogP contribution in [0.1, 0.15) is 44.7 Å². The Morgan fingerprint density at radius 2 is 1.97 bits per heavy atom.